The molecule has 0 fully saturated rings. The number of nitrogens with one attached hydrogen (secondary N) is 1. The first-order valence-corrected chi connectivity index (χ1v) is 6.15. The van der Waals surface area contributed by atoms with Crippen LogP contribution in [0.2, 0.25) is 10.0 Å². The van der Waals surface area contributed by atoms with E-state index in [-0.39, 0.29) is 5.95 Å². The number of aromatic nitrogens is 3. The molecule has 0 amide bonds. The second kappa shape index (κ2) is 5.93. The van der Waals surface area contributed by atoms with Gasteiger partial charge in [-0.25, -0.2) is 0 Å². The Morgan fingerprint density at radius 3 is 2.83 bits per heavy atom. The highest BCUT2D eigenvalue weighted by Gasteiger charge is 2.03. The lowest BCUT2D eigenvalue weighted by Crippen LogP contribution is -2.01. The molecule has 0 radical (unpaired) electrons. The lowest BCUT2D eigenvalue weighted by Gasteiger charge is -2.07. The lowest BCUT2D eigenvalue weighted by molar-refractivity contribution is 0.310. The molecule has 96 valence electrons. The lowest BCUT2D eigenvalue weighted by atomic mass is 10.3. The third-order valence-electron chi connectivity index (χ3n) is 2.26. The van der Waals surface area contributed by atoms with Crippen molar-refractivity contribution in [2.24, 2.45) is 0 Å². The molecule has 1 heterocycles. The van der Waals surface area contributed by atoms with Gasteiger partial charge >= 0.3 is 0 Å². The molecule has 2 rings (SSSR count). The standard InChI is InChI=1S/C11H12Cl2N4O/c12-7-3-4-9(8(13)6-7)18-5-1-2-10-15-11(14)17-16-10/h3-4,6H,1-2,5H2,(H3,14,15,16,17). The Labute approximate surface area is 114 Å². The molecule has 0 atom stereocenters. The fraction of sp³-hybridized carbons (Fsp3) is 0.273. The first-order chi connectivity index (χ1) is 8.65. The monoisotopic (exact) mass is 286 g/mol. The molecule has 0 aliphatic carbocycles. The Morgan fingerprint density at radius 2 is 2.17 bits per heavy atom. The summed E-state index contributed by atoms with van der Waals surface area (Å²) in [5.74, 6) is 1.63. The van der Waals surface area contributed by atoms with Crippen molar-refractivity contribution in [1.82, 2.24) is 15.2 Å². The highest BCUT2D eigenvalue weighted by atomic mass is 35.5. The minimum atomic E-state index is 0.256. The average molecular weight is 287 g/mol. The number of nitrogen functional groups attached to an aromatic ring is 1. The average Bonchev–Trinajstić information content (AvgIpc) is 2.73. The van der Waals surface area contributed by atoms with Gasteiger partial charge in [0, 0.05) is 11.4 Å². The van der Waals surface area contributed by atoms with Crippen LogP contribution in [0.3, 0.4) is 0 Å². The van der Waals surface area contributed by atoms with Gasteiger partial charge in [-0.2, -0.15) is 4.98 Å². The van der Waals surface area contributed by atoms with Gasteiger partial charge in [-0.15, -0.1) is 5.10 Å². The third kappa shape index (κ3) is 3.51. The highest BCUT2D eigenvalue weighted by Crippen LogP contribution is 2.27. The van der Waals surface area contributed by atoms with Gasteiger partial charge in [-0.1, -0.05) is 23.2 Å². The molecule has 18 heavy (non-hydrogen) atoms. The van der Waals surface area contributed by atoms with Crippen LogP contribution in [0.15, 0.2) is 18.2 Å². The third-order valence-corrected chi connectivity index (χ3v) is 2.79. The number of ether oxygens (including phenoxy) is 1. The van der Waals surface area contributed by atoms with E-state index in [9.17, 15) is 0 Å². The van der Waals surface area contributed by atoms with Gasteiger partial charge in [-0.3, -0.25) is 5.10 Å². The zero-order chi connectivity index (χ0) is 13.0. The molecular weight excluding hydrogens is 275 g/mol. The fourth-order valence-corrected chi connectivity index (χ4v) is 1.90. The van der Waals surface area contributed by atoms with Gasteiger partial charge in [0.05, 0.1) is 11.6 Å². The minimum Gasteiger partial charge on any atom is -0.492 e. The molecule has 2 aromatic rings. The minimum absolute atomic E-state index is 0.256. The molecule has 0 bridgehead atoms. The predicted molar refractivity (Wildman–Crippen MR) is 71.1 cm³/mol. The molecule has 0 aliphatic rings. The molecule has 7 heteroatoms. The number of hydrogen-bond donors (Lipinski definition) is 2. The van der Waals surface area contributed by atoms with E-state index in [2.05, 4.69) is 15.2 Å². The zero-order valence-corrected chi connectivity index (χ0v) is 11.0. The molecule has 0 aliphatic heterocycles. The van der Waals surface area contributed by atoms with Gasteiger partial charge < -0.3 is 10.5 Å². The van der Waals surface area contributed by atoms with Crippen LogP contribution < -0.4 is 10.5 Å². The van der Waals surface area contributed by atoms with Crippen LogP contribution in [0.5, 0.6) is 5.75 Å². The highest BCUT2D eigenvalue weighted by molar-refractivity contribution is 6.35. The number of nitrogens with zero attached hydrogens (tertiary/aromatic N) is 2. The Kier molecular flexibility index (Phi) is 4.28. The zero-order valence-electron chi connectivity index (χ0n) is 9.49. The number of hydrogen-bond acceptors (Lipinski definition) is 4. The quantitative estimate of drug-likeness (QED) is 0.829. The summed E-state index contributed by atoms with van der Waals surface area (Å²) in [6.45, 7) is 0.530. The SMILES string of the molecule is Nc1n[nH]c(CCCOc2ccc(Cl)cc2Cl)n1. The second-order valence-corrected chi connectivity index (χ2v) is 4.51. The summed E-state index contributed by atoms with van der Waals surface area (Å²) in [6, 6.07) is 5.13. The normalized spacial score (nSPS) is 10.6. The van der Waals surface area contributed by atoms with Crippen molar-refractivity contribution in [3.8, 4) is 5.75 Å². The van der Waals surface area contributed by atoms with Crippen LogP contribution in [-0.4, -0.2) is 21.8 Å². The Bertz CT molecular complexity index is 530. The molecule has 0 unspecified atom stereocenters. The van der Waals surface area contributed by atoms with Crippen molar-refractivity contribution in [1.29, 1.82) is 0 Å². The van der Waals surface area contributed by atoms with Crippen LogP contribution in [-0.2, 0) is 6.42 Å². The Morgan fingerprint density at radius 1 is 1.33 bits per heavy atom. The molecule has 3 N–H and O–H groups in total. The van der Waals surface area contributed by atoms with E-state index in [4.69, 9.17) is 33.7 Å². The van der Waals surface area contributed by atoms with E-state index in [1.165, 1.54) is 0 Å². The summed E-state index contributed by atoms with van der Waals surface area (Å²) in [6.07, 6.45) is 1.50. The summed E-state index contributed by atoms with van der Waals surface area (Å²) < 4.78 is 5.54. The van der Waals surface area contributed by atoms with E-state index in [0.717, 1.165) is 18.7 Å². The van der Waals surface area contributed by atoms with E-state index in [0.29, 0.717) is 22.4 Å². The summed E-state index contributed by atoms with van der Waals surface area (Å²) in [5, 5.41) is 7.57. The van der Waals surface area contributed by atoms with Gasteiger partial charge in [0.15, 0.2) is 0 Å². The first kappa shape index (κ1) is 13.0. The van der Waals surface area contributed by atoms with Crippen molar-refractivity contribution >= 4 is 29.2 Å². The second-order valence-electron chi connectivity index (χ2n) is 3.67. The maximum absolute atomic E-state index is 5.97. The summed E-state index contributed by atoms with van der Waals surface area (Å²) in [5.41, 5.74) is 5.39. The van der Waals surface area contributed by atoms with Crippen LogP contribution in [0.4, 0.5) is 5.95 Å². The molecule has 0 spiro atoms. The number of halogens is 2. The molecule has 5 nitrogen and oxygen atoms in total. The van der Waals surface area contributed by atoms with Crippen LogP contribution in [0.25, 0.3) is 0 Å². The van der Waals surface area contributed by atoms with Crippen molar-refractivity contribution < 1.29 is 4.74 Å². The summed E-state index contributed by atoms with van der Waals surface area (Å²) >= 11 is 11.8. The topological polar surface area (TPSA) is 76.8 Å². The van der Waals surface area contributed by atoms with E-state index in [1.807, 2.05) is 0 Å². The summed E-state index contributed by atoms with van der Waals surface area (Å²) in [4.78, 5) is 4.00. The van der Waals surface area contributed by atoms with E-state index in [1.54, 1.807) is 18.2 Å². The Balaban J connectivity index is 1.78. The maximum atomic E-state index is 5.97. The van der Waals surface area contributed by atoms with Gasteiger partial charge in [-0.05, 0) is 24.6 Å². The number of benzene rings is 1. The Hall–Kier alpha value is -1.46. The number of rotatable bonds is 5. The first-order valence-electron chi connectivity index (χ1n) is 5.40. The van der Waals surface area contributed by atoms with Crippen molar-refractivity contribution in [3.05, 3.63) is 34.1 Å². The van der Waals surface area contributed by atoms with E-state index < -0.39 is 0 Å². The predicted octanol–water partition coefficient (Wildman–Crippen LogP) is 2.71. The number of anilines is 1. The fourth-order valence-electron chi connectivity index (χ4n) is 1.44. The number of aryl methyl sites for hydroxylation is 1. The molecule has 1 aromatic heterocycles. The molecule has 0 saturated heterocycles. The van der Waals surface area contributed by atoms with Gasteiger partial charge in [0.2, 0.25) is 5.95 Å². The molecular formula is C11H12Cl2N4O. The molecule has 0 saturated carbocycles. The summed E-state index contributed by atoms with van der Waals surface area (Å²) in [7, 11) is 0. The largest absolute Gasteiger partial charge is 0.492 e. The van der Waals surface area contributed by atoms with Gasteiger partial charge in [0.1, 0.15) is 11.6 Å². The van der Waals surface area contributed by atoms with Crippen LogP contribution in [0, 0.1) is 0 Å². The smallest absolute Gasteiger partial charge is 0.239 e. The van der Waals surface area contributed by atoms with Crippen molar-refractivity contribution in [2.75, 3.05) is 12.3 Å². The number of aromatic amines is 1. The van der Waals surface area contributed by atoms with Crippen LogP contribution >= 0.6 is 23.2 Å². The van der Waals surface area contributed by atoms with E-state index >= 15 is 0 Å². The van der Waals surface area contributed by atoms with Crippen LogP contribution in [0.1, 0.15) is 12.2 Å². The van der Waals surface area contributed by atoms with Crippen molar-refractivity contribution in [2.45, 2.75) is 12.8 Å². The van der Waals surface area contributed by atoms with Gasteiger partial charge in [0.25, 0.3) is 0 Å². The maximum Gasteiger partial charge on any atom is 0.239 e. The number of nitrogens with two attached hydrogens (primary N) is 1. The van der Waals surface area contributed by atoms with Crippen molar-refractivity contribution in [3.63, 3.8) is 0 Å². The molecule has 1 aromatic carbocycles. The number of H-pyrrole nitrogens is 1.